The van der Waals surface area contributed by atoms with Gasteiger partial charge in [0.05, 0.1) is 23.9 Å². The number of ether oxygens (including phenoxy) is 3. The highest BCUT2D eigenvalue weighted by molar-refractivity contribution is 6.05. The van der Waals surface area contributed by atoms with E-state index in [0.29, 0.717) is 5.56 Å². The van der Waals surface area contributed by atoms with Crippen LogP contribution in [0.25, 0.3) is 0 Å². The van der Waals surface area contributed by atoms with Gasteiger partial charge in [-0.05, 0) is 17.7 Å². The molecule has 12 heteroatoms. The monoisotopic (exact) mass is 560 g/mol. The van der Waals surface area contributed by atoms with E-state index >= 15 is 0 Å². The molecule has 5 rings (SSSR count). The summed E-state index contributed by atoms with van der Waals surface area (Å²) in [7, 11) is 0. The Hall–Kier alpha value is -4.84. The van der Waals surface area contributed by atoms with E-state index in [9.17, 15) is 24.0 Å². The van der Waals surface area contributed by atoms with Gasteiger partial charge in [0, 0.05) is 20.3 Å². The average molecular weight is 561 g/mol. The molecule has 2 amide bonds. The van der Waals surface area contributed by atoms with Crippen molar-refractivity contribution in [1.82, 2.24) is 9.97 Å². The van der Waals surface area contributed by atoms with Crippen molar-refractivity contribution in [2.75, 3.05) is 16.8 Å². The maximum atomic E-state index is 14.0. The lowest BCUT2D eigenvalue weighted by molar-refractivity contribution is -0.151. The van der Waals surface area contributed by atoms with Crippen LogP contribution < -0.4 is 15.8 Å². The topological polar surface area (TPSA) is 157 Å². The van der Waals surface area contributed by atoms with Gasteiger partial charge < -0.3 is 19.1 Å². The van der Waals surface area contributed by atoms with Crippen LogP contribution in [0.3, 0.4) is 0 Å². The predicted molar refractivity (Wildman–Crippen MR) is 145 cm³/mol. The molecule has 41 heavy (non-hydrogen) atoms. The van der Waals surface area contributed by atoms with Crippen molar-refractivity contribution < 1.29 is 33.4 Å². The third-order valence-corrected chi connectivity index (χ3v) is 6.76. The second kappa shape index (κ2) is 11.7. The number of amides is 2. The second-order valence-electron chi connectivity index (χ2n) is 9.79. The van der Waals surface area contributed by atoms with Gasteiger partial charge in [0.25, 0.3) is 5.56 Å². The van der Waals surface area contributed by atoms with E-state index in [1.807, 2.05) is 30.3 Å². The summed E-state index contributed by atoms with van der Waals surface area (Å²) in [6, 6.07) is 17.5. The summed E-state index contributed by atoms with van der Waals surface area (Å²) in [4.78, 5) is 71.6. The van der Waals surface area contributed by atoms with Crippen LogP contribution in [-0.2, 0) is 35.1 Å². The number of hydrogen-bond acceptors (Lipinski definition) is 9. The van der Waals surface area contributed by atoms with E-state index < -0.39 is 53.5 Å². The molecule has 2 aliphatic rings. The first-order chi connectivity index (χ1) is 19.7. The molecule has 1 unspecified atom stereocenters. The number of rotatable bonds is 8. The van der Waals surface area contributed by atoms with Crippen LogP contribution in [0.1, 0.15) is 47.8 Å². The summed E-state index contributed by atoms with van der Waals surface area (Å²) in [5.41, 5.74) is 0.613. The van der Waals surface area contributed by atoms with Crippen LogP contribution in [-0.4, -0.2) is 58.6 Å². The lowest BCUT2D eigenvalue weighted by Gasteiger charge is -2.24. The standard InChI is InChI=1S/C29H28N4O8/c1-16(34)30-29-31-23-22(27(37)33(24(23)26(36)32-29)14-18-9-5-3-6-10-18)25-21(40-17(2)35)13-20(41-25)15-39-28(38)19-11-7-4-8-12-19/h3-12,20-22,25H,13-15H2,1-2H3,(H2,30,31,32,34,36)/t20-,21+,22?,25+/m0/s1. The number of esters is 2. The van der Waals surface area contributed by atoms with Gasteiger partial charge in [-0.2, -0.15) is 0 Å². The summed E-state index contributed by atoms with van der Waals surface area (Å²) < 4.78 is 17.2. The van der Waals surface area contributed by atoms with E-state index in [-0.39, 0.29) is 36.9 Å². The number of benzene rings is 2. The van der Waals surface area contributed by atoms with Crippen LogP contribution in [0, 0.1) is 0 Å². The van der Waals surface area contributed by atoms with E-state index in [4.69, 9.17) is 14.2 Å². The normalized spacial score (nSPS) is 21.3. The number of nitrogens with one attached hydrogen (secondary N) is 2. The van der Waals surface area contributed by atoms with Gasteiger partial charge in [-0.25, -0.2) is 9.78 Å². The molecule has 1 saturated heterocycles. The number of aromatic nitrogens is 2. The Kier molecular flexibility index (Phi) is 7.92. The molecular weight excluding hydrogens is 532 g/mol. The van der Waals surface area contributed by atoms with E-state index in [1.165, 1.54) is 18.7 Å². The Morgan fingerprint density at radius 3 is 2.39 bits per heavy atom. The zero-order valence-corrected chi connectivity index (χ0v) is 22.4. The highest BCUT2D eigenvalue weighted by Crippen LogP contribution is 2.43. The zero-order chi connectivity index (χ0) is 29.1. The molecule has 2 aliphatic heterocycles. The quantitative estimate of drug-likeness (QED) is 0.395. The number of carbonyl (C=O) groups is 4. The van der Waals surface area contributed by atoms with Crippen LogP contribution in [0.5, 0.6) is 0 Å². The summed E-state index contributed by atoms with van der Waals surface area (Å²) in [5.74, 6) is -3.35. The van der Waals surface area contributed by atoms with Crippen molar-refractivity contribution >= 4 is 35.4 Å². The SMILES string of the molecule is CC(=O)Nc1nc2c(c(=O)[nH]1)N(Cc1ccccc1)C(=O)C2[C@@H]1O[C@H](COC(=O)c2ccccc2)C[C@H]1OC(C)=O. The first kappa shape index (κ1) is 27.7. The lowest BCUT2D eigenvalue weighted by Crippen LogP contribution is -2.39. The van der Waals surface area contributed by atoms with Crippen LogP contribution in [0.4, 0.5) is 11.6 Å². The predicted octanol–water partition coefficient (Wildman–Crippen LogP) is 2.30. The maximum Gasteiger partial charge on any atom is 0.338 e. The largest absolute Gasteiger partial charge is 0.460 e. The van der Waals surface area contributed by atoms with E-state index in [0.717, 1.165) is 5.56 Å². The molecule has 4 atom stereocenters. The summed E-state index contributed by atoms with van der Waals surface area (Å²) in [5, 5.41) is 2.45. The van der Waals surface area contributed by atoms with E-state index in [1.54, 1.807) is 30.3 Å². The Balaban J connectivity index is 1.46. The fourth-order valence-electron chi connectivity index (χ4n) is 5.12. The third-order valence-electron chi connectivity index (χ3n) is 6.76. The molecule has 0 radical (unpaired) electrons. The highest BCUT2D eigenvalue weighted by Gasteiger charge is 2.53. The van der Waals surface area contributed by atoms with E-state index in [2.05, 4.69) is 15.3 Å². The van der Waals surface area contributed by atoms with Crippen LogP contribution in [0.15, 0.2) is 65.5 Å². The number of anilines is 2. The Morgan fingerprint density at radius 1 is 1.05 bits per heavy atom. The third kappa shape index (κ3) is 6.02. The van der Waals surface area contributed by atoms with Crippen molar-refractivity contribution in [3.8, 4) is 0 Å². The molecule has 0 aliphatic carbocycles. The first-order valence-corrected chi connectivity index (χ1v) is 13.0. The molecule has 2 aromatic carbocycles. The van der Waals surface area contributed by atoms with Crippen LogP contribution in [0.2, 0.25) is 0 Å². The smallest absolute Gasteiger partial charge is 0.338 e. The Bertz CT molecular complexity index is 1520. The zero-order valence-electron chi connectivity index (χ0n) is 22.4. The molecule has 2 N–H and O–H groups in total. The van der Waals surface area contributed by atoms with Gasteiger partial charge in [-0.15, -0.1) is 0 Å². The fourth-order valence-corrected chi connectivity index (χ4v) is 5.12. The minimum Gasteiger partial charge on any atom is -0.460 e. The minimum atomic E-state index is -1.14. The van der Waals surface area contributed by atoms with Gasteiger partial charge in [0.2, 0.25) is 17.8 Å². The maximum absolute atomic E-state index is 14.0. The number of H-pyrrole nitrogens is 1. The minimum absolute atomic E-state index is 0.0158. The Morgan fingerprint density at radius 2 is 1.73 bits per heavy atom. The molecule has 0 spiro atoms. The molecule has 0 bridgehead atoms. The molecular formula is C29H28N4O8. The summed E-state index contributed by atoms with van der Waals surface area (Å²) in [6.45, 7) is 2.43. The Labute approximate surface area is 234 Å². The number of fused-ring (bicyclic) bond motifs is 1. The molecule has 3 aromatic rings. The van der Waals surface area contributed by atoms with Gasteiger partial charge in [-0.1, -0.05) is 48.5 Å². The van der Waals surface area contributed by atoms with Crippen molar-refractivity contribution in [1.29, 1.82) is 0 Å². The highest BCUT2D eigenvalue weighted by atomic mass is 16.6. The van der Waals surface area contributed by atoms with Crippen LogP contribution >= 0.6 is 0 Å². The fraction of sp³-hybridized carbons (Fsp3) is 0.310. The second-order valence-corrected chi connectivity index (χ2v) is 9.79. The van der Waals surface area contributed by atoms with Gasteiger partial charge in [-0.3, -0.25) is 29.5 Å². The molecule has 212 valence electrons. The summed E-state index contributed by atoms with van der Waals surface area (Å²) >= 11 is 0. The summed E-state index contributed by atoms with van der Waals surface area (Å²) in [6.07, 6.45) is -2.48. The number of hydrogen-bond donors (Lipinski definition) is 2. The van der Waals surface area contributed by atoms with Crippen molar-refractivity contribution in [2.45, 2.75) is 51.0 Å². The van der Waals surface area contributed by atoms with Gasteiger partial charge in [0.1, 0.15) is 30.4 Å². The molecule has 1 aromatic heterocycles. The van der Waals surface area contributed by atoms with Crippen molar-refractivity contribution in [2.24, 2.45) is 0 Å². The molecule has 1 fully saturated rings. The average Bonchev–Trinajstić information content (AvgIpc) is 3.44. The molecule has 12 nitrogen and oxygen atoms in total. The molecule has 3 heterocycles. The number of aromatic amines is 1. The lowest BCUT2D eigenvalue weighted by atomic mass is 9.94. The van der Waals surface area contributed by atoms with Crippen molar-refractivity contribution in [3.05, 3.63) is 87.8 Å². The number of nitrogens with zero attached hydrogens (tertiary/aromatic N) is 2. The van der Waals surface area contributed by atoms with Gasteiger partial charge in [0.15, 0.2) is 0 Å². The van der Waals surface area contributed by atoms with Gasteiger partial charge >= 0.3 is 11.9 Å². The number of carbonyl (C=O) groups excluding carboxylic acids is 4. The van der Waals surface area contributed by atoms with Crippen molar-refractivity contribution in [3.63, 3.8) is 0 Å². The first-order valence-electron chi connectivity index (χ1n) is 13.0. The molecule has 0 saturated carbocycles.